The summed E-state index contributed by atoms with van der Waals surface area (Å²) in [4.78, 5) is 19.6. The van der Waals surface area contributed by atoms with Crippen LogP contribution < -0.4 is 10.2 Å². The van der Waals surface area contributed by atoms with Gasteiger partial charge in [-0.3, -0.25) is 4.79 Å². The number of nitrogens with zero attached hydrogens (tertiary/aromatic N) is 2. The number of piperidine rings is 1. The normalized spacial score (nSPS) is 14.4. The Hall–Kier alpha value is -2.28. The summed E-state index contributed by atoms with van der Waals surface area (Å²) in [7, 11) is 1.57. The number of anilines is 2. The zero-order valence-electron chi connectivity index (χ0n) is 14.2. The van der Waals surface area contributed by atoms with Gasteiger partial charge in [-0.2, -0.15) is 0 Å². The van der Waals surface area contributed by atoms with Gasteiger partial charge < -0.3 is 19.5 Å². The maximum Gasteiger partial charge on any atom is 0.291 e. The van der Waals surface area contributed by atoms with E-state index >= 15 is 0 Å². The average molecular weight is 406 g/mol. The van der Waals surface area contributed by atoms with E-state index in [1.165, 1.54) is 0 Å². The number of amides is 1. The minimum Gasteiger partial charge on any atom is -0.444 e. The first-order chi connectivity index (χ1) is 12.1. The molecule has 0 spiro atoms. The van der Waals surface area contributed by atoms with E-state index in [4.69, 9.17) is 9.25 Å². The Kier molecular flexibility index (Phi) is 5.43. The van der Waals surface area contributed by atoms with Crippen molar-refractivity contribution in [3.63, 3.8) is 0 Å². The monoisotopic (exact) mass is 405 g/mol. The van der Waals surface area contributed by atoms with Gasteiger partial charge >= 0.3 is 0 Å². The van der Waals surface area contributed by atoms with Crippen molar-refractivity contribution in [3.8, 4) is 0 Å². The summed E-state index contributed by atoms with van der Waals surface area (Å²) in [6.07, 6.45) is 1.70. The molecule has 1 saturated heterocycles. The van der Waals surface area contributed by atoms with Gasteiger partial charge in [0.1, 0.15) is 7.11 Å². The molecule has 1 N–H and O–H groups in total. The van der Waals surface area contributed by atoms with Crippen molar-refractivity contribution >= 4 is 38.9 Å². The third-order valence-electron chi connectivity index (χ3n) is 4.16. The molecule has 7 heteroatoms. The predicted octanol–water partition coefficient (Wildman–Crippen LogP) is 4.21. The lowest BCUT2D eigenvalue weighted by Gasteiger charge is -2.32. The van der Waals surface area contributed by atoms with E-state index in [1.54, 1.807) is 19.2 Å². The lowest BCUT2D eigenvalue weighted by atomic mass is 10.0. The molecule has 3 rings (SSSR count). The molecular weight excluding hydrogens is 386 g/mol. The predicted molar refractivity (Wildman–Crippen MR) is 101 cm³/mol. The van der Waals surface area contributed by atoms with Crippen LogP contribution in [0.25, 0.3) is 0 Å². The van der Waals surface area contributed by atoms with Gasteiger partial charge in [-0.1, -0.05) is 17.3 Å². The molecule has 0 unspecified atom stereocenters. The number of hydrogen-bond acceptors (Lipinski definition) is 5. The minimum atomic E-state index is -0.267. The van der Waals surface area contributed by atoms with Crippen LogP contribution in [0.5, 0.6) is 0 Å². The van der Waals surface area contributed by atoms with Gasteiger partial charge in [0.15, 0.2) is 10.4 Å². The van der Waals surface area contributed by atoms with E-state index in [0.717, 1.165) is 48.6 Å². The van der Waals surface area contributed by atoms with Gasteiger partial charge in [-0.25, -0.2) is 0 Å². The first-order valence-corrected chi connectivity index (χ1v) is 8.88. The van der Waals surface area contributed by atoms with Crippen LogP contribution in [0.4, 0.5) is 11.4 Å². The van der Waals surface area contributed by atoms with E-state index < -0.39 is 0 Å². The highest BCUT2D eigenvalue weighted by Gasteiger charge is 2.21. The molecule has 0 bridgehead atoms. The molecule has 25 heavy (non-hydrogen) atoms. The lowest BCUT2D eigenvalue weighted by molar-refractivity contribution is 0.0995. The largest absolute Gasteiger partial charge is 0.444 e. The molecule has 1 fully saturated rings. The van der Waals surface area contributed by atoms with E-state index in [0.29, 0.717) is 4.67 Å². The number of oxime groups is 1. The molecule has 2 heterocycles. The first-order valence-electron chi connectivity index (χ1n) is 8.08. The van der Waals surface area contributed by atoms with Crippen molar-refractivity contribution in [2.45, 2.75) is 19.8 Å². The second kappa shape index (κ2) is 7.74. The fourth-order valence-electron chi connectivity index (χ4n) is 3.01. The van der Waals surface area contributed by atoms with Crippen molar-refractivity contribution in [2.24, 2.45) is 5.16 Å². The quantitative estimate of drug-likeness (QED) is 0.773. The maximum atomic E-state index is 12.4. The van der Waals surface area contributed by atoms with Crippen LogP contribution in [0.15, 0.2) is 44.6 Å². The maximum absolute atomic E-state index is 12.4. The molecule has 0 radical (unpaired) electrons. The molecular formula is C18H20BrN3O3. The fourth-order valence-corrected chi connectivity index (χ4v) is 3.32. The van der Waals surface area contributed by atoms with Crippen molar-refractivity contribution in [3.05, 3.63) is 46.3 Å². The molecule has 0 saturated carbocycles. The number of benzene rings is 1. The molecule has 0 aliphatic carbocycles. The van der Waals surface area contributed by atoms with Crippen LogP contribution in [-0.2, 0) is 4.84 Å². The van der Waals surface area contributed by atoms with Gasteiger partial charge in [0.2, 0.25) is 0 Å². The van der Waals surface area contributed by atoms with Crippen molar-refractivity contribution in [1.29, 1.82) is 0 Å². The third-order valence-corrected chi connectivity index (χ3v) is 4.59. The van der Waals surface area contributed by atoms with Crippen molar-refractivity contribution in [1.82, 2.24) is 0 Å². The molecule has 6 nitrogen and oxygen atoms in total. The SMILES string of the molecule is CON=C1CCN(c2c(C)cccc2NC(=O)c2ccc(Br)o2)CC1. The molecule has 1 aliphatic rings. The molecule has 1 aromatic carbocycles. The van der Waals surface area contributed by atoms with E-state index in [-0.39, 0.29) is 11.7 Å². The molecule has 1 aliphatic heterocycles. The van der Waals surface area contributed by atoms with Crippen LogP contribution in [0.3, 0.4) is 0 Å². The van der Waals surface area contributed by atoms with Gasteiger partial charge in [-0.15, -0.1) is 0 Å². The topological polar surface area (TPSA) is 67.1 Å². The summed E-state index contributed by atoms with van der Waals surface area (Å²) in [6, 6.07) is 9.25. The summed E-state index contributed by atoms with van der Waals surface area (Å²) in [6.45, 7) is 3.72. The fraction of sp³-hybridized carbons (Fsp3) is 0.333. The van der Waals surface area contributed by atoms with Crippen LogP contribution in [0.1, 0.15) is 29.0 Å². The smallest absolute Gasteiger partial charge is 0.291 e. The second-order valence-corrected chi connectivity index (χ2v) is 6.64. The number of nitrogens with one attached hydrogen (secondary N) is 1. The summed E-state index contributed by atoms with van der Waals surface area (Å²) in [5.41, 5.74) is 4.01. The number of hydrogen-bond donors (Lipinski definition) is 1. The van der Waals surface area contributed by atoms with Gasteiger partial charge in [-0.05, 0) is 46.6 Å². The zero-order valence-corrected chi connectivity index (χ0v) is 15.8. The Bertz CT molecular complexity index is 791. The van der Waals surface area contributed by atoms with Crippen LogP contribution in [-0.4, -0.2) is 31.8 Å². The highest BCUT2D eigenvalue weighted by Crippen LogP contribution is 2.32. The van der Waals surface area contributed by atoms with E-state index in [1.807, 2.05) is 25.1 Å². The molecule has 1 amide bonds. The Labute approximate surface area is 154 Å². The standard InChI is InChI=1S/C18H20BrN3O3/c1-12-4-3-5-14(20-18(23)15-6-7-16(19)25-15)17(12)22-10-8-13(9-11-22)21-24-2/h3-7H,8-11H2,1-2H3,(H,20,23). The lowest BCUT2D eigenvalue weighted by Crippen LogP contribution is -2.35. The van der Waals surface area contributed by atoms with Crippen LogP contribution in [0, 0.1) is 6.92 Å². The van der Waals surface area contributed by atoms with Gasteiger partial charge in [0, 0.05) is 25.9 Å². The van der Waals surface area contributed by atoms with Crippen LogP contribution in [0.2, 0.25) is 0 Å². The minimum absolute atomic E-state index is 0.267. The number of para-hydroxylation sites is 1. The molecule has 2 aromatic rings. The molecule has 132 valence electrons. The Morgan fingerprint density at radius 1 is 1.28 bits per heavy atom. The Morgan fingerprint density at radius 3 is 2.68 bits per heavy atom. The summed E-state index contributed by atoms with van der Waals surface area (Å²) >= 11 is 3.22. The van der Waals surface area contributed by atoms with Crippen LogP contribution >= 0.6 is 15.9 Å². The highest BCUT2D eigenvalue weighted by molar-refractivity contribution is 9.10. The average Bonchev–Trinajstić information content (AvgIpc) is 3.03. The van der Waals surface area contributed by atoms with Crippen molar-refractivity contribution < 1.29 is 14.0 Å². The first kappa shape index (κ1) is 17.5. The van der Waals surface area contributed by atoms with E-state index in [9.17, 15) is 4.79 Å². The van der Waals surface area contributed by atoms with E-state index in [2.05, 4.69) is 31.3 Å². The molecule has 1 aromatic heterocycles. The highest BCUT2D eigenvalue weighted by atomic mass is 79.9. The van der Waals surface area contributed by atoms with Gasteiger partial charge in [0.05, 0.1) is 17.1 Å². The molecule has 0 atom stereocenters. The Morgan fingerprint density at radius 2 is 2.04 bits per heavy atom. The number of rotatable bonds is 4. The van der Waals surface area contributed by atoms with Gasteiger partial charge in [0.25, 0.3) is 5.91 Å². The number of halogens is 1. The summed E-state index contributed by atoms with van der Waals surface area (Å²) in [5.74, 6) is 0.00341. The number of carbonyl (C=O) groups excluding carboxylic acids is 1. The zero-order chi connectivity index (χ0) is 17.8. The summed E-state index contributed by atoms with van der Waals surface area (Å²) < 4.78 is 5.87. The number of aryl methyl sites for hydroxylation is 1. The Balaban J connectivity index is 1.81. The third kappa shape index (κ3) is 4.04. The summed E-state index contributed by atoms with van der Waals surface area (Å²) in [5, 5.41) is 7.01. The number of furan rings is 1. The van der Waals surface area contributed by atoms with Crippen molar-refractivity contribution in [2.75, 3.05) is 30.4 Å². The second-order valence-electron chi connectivity index (χ2n) is 5.86. The number of carbonyl (C=O) groups is 1.